The number of aromatic amines is 1. The van der Waals surface area contributed by atoms with Gasteiger partial charge < -0.3 is 5.32 Å². The largest absolute Gasteiger partial charge is 0.309 e. The normalized spacial score (nSPS) is 15.5. The predicted molar refractivity (Wildman–Crippen MR) is 77.1 cm³/mol. The second-order valence-electron chi connectivity index (χ2n) is 4.98. The number of sulfonamides is 1. The molecule has 3 rings (SSSR count). The summed E-state index contributed by atoms with van der Waals surface area (Å²) >= 11 is 1.30. The molecule has 1 aliphatic rings. The Morgan fingerprint density at radius 3 is 2.90 bits per heavy atom. The molecule has 2 aromatic heterocycles. The summed E-state index contributed by atoms with van der Waals surface area (Å²) in [6, 6.07) is 2.30. The fourth-order valence-electron chi connectivity index (χ4n) is 1.81. The highest BCUT2D eigenvalue weighted by Gasteiger charge is 2.23. The summed E-state index contributed by atoms with van der Waals surface area (Å²) in [5.41, 5.74) is 0.994. The molecule has 0 unspecified atom stereocenters. The van der Waals surface area contributed by atoms with Gasteiger partial charge in [0.2, 0.25) is 10.0 Å². The van der Waals surface area contributed by atoms with E-state index in [0.717, 1.165) is 17.0 Å². The van der Waals surface area contributed by atoms with Crippen molar-refractivity contribution in [1.29, 1.82) is 0 Å². The van der Waals surface area contributed by atoms with E-state index in [1.54, 1.807) is 6.07 Å². The second kappa shape index (κ2) is 5.79. The number of H-pyrrole nitrogens is 1. The fourth-order valence-corrected chi connectivity index (χ4v) is 4.37. The Morgan fingerprint density at radius 2 is 2.24 bits per heavy atom. The van der Waals surface area contributed by atoms with Crippen LogP contribution in [0.3, 0.4) is 0 Å². The van der Waals surface area contributed by atoms with Gasteiger partial charge in [0.15, 0.2) is 5.82 Å². The number of hydrogen-bond acceptors (Lipinski definition) is 7. The van der Waals surface area contributed by atoms with Crippen molar-refractivity contribution >= 4 is 21.4 Å². The average molecular weight is 328 g/mol. The number of aryl methyl sites for hydroxylation is 1. The van der Waals surface area contributed by atoms with Crippen molar-refractivity contribution in [3.8, 4) is 0 Å². The molecule has 1 saturated carbocycles. The zero-order chi connectivity index (χ0) is 14.9. The maximum Gasteiger partial charge on any atom is 0.250 e. The van der Waals surface area contributed by atoms with Crippen molar-refractivity contribution in [2.75, 3.05) is 0 Å². The molecule has 0 saturated heterocycles. The minimum atomic E-state index is -3.54. The first-order valence-electron chi connectivity index (χ1n) is 6.59. The zero-order valence-electron chi connectivity index (χ0n) is 11.5. The molecule has 1 fully saturated rings. The molecule has 8 nitrogen and oxygen atoms in total. The van der Waals surface area contributed by atoms with E-state index >= 15 is 0 Å². The van der Waals surface area contributed by atoms with E-state index in [0.29, 0.717) is 16.1 Å². The number of rotatable bonds is 7. The Kier molecular flexibility index (Phi) is 4.02. The molecule has 10 heteroatoms. The lowest BCUT2D eigenvalue weighted by molar-refractivity contribution is 0.581. The maximum atomic E-state index is 12.2. The summed E-state index contributed by atoms with van der Waals surface area (Å²) in [5.74, 6) is 0.308. The van der Waals surface area contributed by atoms with Crippen LogP contribution in [0.4, 0.5) is 0 Å². The minimum absolute atomic E-state index is 0.0193. The van der Waals surface area contributed by atoms with Gasteiger partial charge >= 0.3 is 0 Å². The highest BCUT2D eigenvalue weighted by atomic mass is 32.2. The molecule has 0 aliphatic heterocycles. The van der Waals surface area contributed by atoms with E-state index in [1.165, 1.54) is 24.2 Å². The lowest BCUT2D eigenvalue weighted by atomic mass is 10.3. The number of aromatic nitrogens is 4. The van der Waals surface area contributed by atoms with Crippen LogP contribution in [0.1, 0.15) is 29.1 Å². The summed E-state index contributed by atoms with van der Waals surface area (Å²) in [7, 11) is -3.54. The molecule has 1 aliphatic carbocycles. The third kappa shape index (κ3) is 3.64. The van der Waals surface area contributed by atoms with Gasteiger partial charge in [0.05, 0.1) is 6.54 Å². The molecule has 2 aromatic rings. The van der Waals surface area contributed by atoms with Crippen molar-refractivity contribution < 1.29 is 8.42 Å². The topological polar surface area (TPSA) is 113 Å². The molecule has 0 aromatic carbocycles. The molecule has 2 heterocycles. The molecule has 0 atom stereocenters. The van der Waals surface area contributed by atoms with Gasteiger partial charge in [-0.25, -0.2) is 13.1 Å². The Labute approximate surface area is 126 Å². The molecule has 0 amide bonds. The summed E-state index contributed by atoms with van der Waals surface area (Å²) in [6.07, 6.45) is 2.42. The predicted octanol–water partition coefficient (Wildman–Crippen LogP) is 0.300. The van der Waals surface area contributed by atoms with Crippen molar-refractivity contribution in [2.45, 2.75) is 43.1 Å². The van der Waals surface area contributed by atoms with Crippen LogP contribution in [0.25, 0.3) is 0 Å². The van der Waals surface area contributed by atoms with Gasteiger partial charge in [-0.15, -0.1) is 21.5 Å². The first-order chi connectivity index (χ1) is 10.0. The van der Waals surface area contributed by atoms with Gasteiger partial charge in [-0.2, -0.15) is 5.21 Å². The van der Waals surface area contributed by atoms with Crippen LogP contribution >= 0.6 is 11.3 Å². The first kappa shape index (κ1) is 14.6. The smallest absolute Gasteiger partial charge is 0.250 e. The van der Waals surface area contributed by atoms with Crippen LogP contribution in [-0.2, 0) is 23.1 Å². The fraction of sp³-hybridized carbons (Fsp3) is 0.545. The molecule has 21 heavy (non-hydrogen) atoms. The molecular weight excluding hydrogens is 312 g/mol. The van der Waals surface area contributed by atoms with Crippen LogP contribution in [0.2, 0.25) is 0 Å². The van der Waals surface area contributed by atoms with E-state index in [4.69, 9.17) is 0 Å². The van der Waals surface area contributed by atoms with Crippen LogP contribution in [-0.4, -0.2) is 35.1 Å². The number of thiophene rings is 1. The van der Waals surface area contributed by atoms with Gasteiger partial charge in [0.1, 0.15) is 4.21 Å². The van der Waals surface area contributed by atoms with Crippen LogP contribution in [0.15, 0.2) is 10.3 Å². The molecule has 0 bridgehead atoms. The maximum absolute atomic E-state index is 12.2. The summed E-state index contributed by atoms with van der Waals surface area (Å²) < 4.78 is 27.3. The Morgan fingerprint density at radius 1 is 1.43 bits per heavy atom. The van der Waals surface area contributed by atoms with Gasteiger partial charge in [-0.05, 0) is 31.4 Å². The van der Waals surface area contributed by atoms with Crippen LogP contribution in [0.5, 0.6) is 0 Å². The lowest BCUT2D eigenvalue weighted by Gasteiger charge is -2.02. The zero-order valence-corrected chi connectivity index (χ0v) is 13.1. The summed E-state index contributed by atoms with van der Waals surface area (Å²) in [6.45, 7) is 2.67. The third-order valence-corrected chi connectivity index (χ3v) is 6.31. The molecular formula is C11H16N6O2S2. The molecule has 0 radical (unpaired) electrons. The van der Waals surface area contributed by atoms with E-state index in [9.17, 15) is 8.42 Å². The van der Waals surface area contributed by atoms with E-state index < -0.39 is 10.0 Å². The Hall–Kier alpha value is -1.36. The second-order valence-corrected chi connectivity index (χ2v) is 8.11. The highest BCUT2D eigenvalue weighted by molar-refractivity contribution is 7.91. The number of nitrogens with zero attached hydrogens (tertiary/aromatic N) is 3. The SMILES string of the molecule is Cc1cc(S(=O)(=O)NCc2nn[nH]n2)sc1CNC1CC1. The molecule has 0 spiro atoms. The van der Waals surface area contributed by atoms with Crippen molar-refractivity contribution in [3.63, 3.8) is 0 Å². The van der Waals surface area contributed by atoms with Gasteiger partial charge in [0, 0.05) is 17.5 Å². The van der Waals surface area contributed by atoms with Crippen molar-refractivity contribution in [2.24, 2.45) is 0 Å². The van der Waals surface area contributed by atoms with E-state index in [2.05, 4.69) is 30.7 Å². The van der Waals surface area contributed by atoms with Crippen molar-refractivity contribution in [1.82, 2.24) is 30.7 Å². The van der Waals surface area contributed by atoms with E-state index in [1.807, 2.05) is 6.92 Å². The number of hydrogen-bond donors (Lipinski definition) is 3. The Balaban J connectivity index is 1.67. The van der Waals surface area contributed by atoms with Crippen LogP contribution < -0.4 is 10.0 Å². The third-order valence-electron chi connectivity index (χ3n) is 3.20. The standard InChI is InChI=1S/C11H16N6O2S2/c1-7-4-11(20-9(7)5-12-8-2-3-8)21(18,19)13-6-10-14-16-17-15-10/h4,8,12-13H,2-3,5-6H2,1H3,(H,14,15,16,17). The monoisotopic (exact) mass is 328 g/mol. The number of tetrazole rings is 1. The molecule has 114 valence electrons. The lowest BCUT2D eigenvalue weighted by Crippen LogP contribution is -2.23. The minimum Gasteiger partial charge on any atom is -0.309 e. The highest BCUT2D eigenvalue weighted by Crippen LogP contribution is 2.27. The quantitative estimate of drug-likeness (QED) is 0.674. The summed E-state index contributed by atoms with van der Waals surface area (Å²) in [4.78, 5) is 1.06. The van der Waals surface area contributed by atoms with Crippen LogP contribution in [0, 0.1) is 6.92 Å². The first-order valence-corrected chi connectivity index (χ1v) is 8.89. The average Bonchev–Trinajstić information content (AvgIpc) is 2.98. The number of nitrogens with one attached hydrogen (secondary N) is 3. The van der Waals surface area contributed by atoms with E-state index in [-0.39, 0.29) is 6.54 Å². The van der Waals surface area contributed by atoms with Gasteiger partial charge in [0.25, 0.3) is 0 Å². The van der Waals surface area contributed by atoms with Crippen molar-refractivity contribution in [3.05, 3.63) is 22.3 Å². The van der Waals surface area contributed by atoms with Gasteiger partial charge in [-0.1, -0.05) is 5.21 Å². The Bertz CT molecular complexity index is 705. The van der Waals surface area contributed by atoms with Gasteiger partial charge in [-0.3, -0.25) is 0 Å². The molecule has 3 N–H and O–H groups in total. The summed E-state index contributed by atoms with van der Waals surface area (Å²) in [5, 5.41) is 16.5.